The second kappa shape index (κ2) is 5.61. The number of rotatable bonds is 3. The van der Waals surface area contributed by atoms with Crippen LogP contribution in [0.2, 0.25) is 0 Å². The first-order chi connectivity index (χ1) is 7.47. The van der Waals surface area contributed by atoms with Gasteiger partial charge in [-0.15, -0.1) is 0 Å². The lowest BCUT2D eigenvalue weighted by Crippen LogP contribution is -2.56. The van der Waals surface area contributed by atoms with E-state index in [-0.39, 0.29) is 17.9 Å². The number of nitrogens with zero attached hydrogens (tertiary/aromatic N) is 2. The Labute approximate surface area is 97.9 Å². The fourth-order valence-corrected chi connectivity index (χ4v) is 2.40. The molecule has 5 nitrogen and oxygen atoms in total. The molecular weight excluding hydrogens is 204 g/mol. The summed E-state index contributed by atoms with van der Waals surface area (Å²) in [5.74, 6) is 5.01. The van der Waals surface area contributed by atoms with Gasteiger partial charge in [-0.25, -0.2) is 5.84 Å². The van der Waals surface area contributed by atoms with Crippen LogP contribution >= 0.6 is 0 Å². The number of hydrogen-bond donors (Lipinski definition) is 2. The number of amides is 1. The SMILES string of the molecule is CC(C(=O)NN)C(C)N1CCN(C)CC1C. The molecule has 94 valence electrons. The van der Waals surface area contributed by atoms with Gasteiger partial charge in [-0.2, -0.15) is 0 Å². The Morgan fingerprint density at radius 3 is 2.56 bits per heavy atom. The number of carbonyl (C=O) groups excluding carboxylic acids is 1. The third-order valence-electron chi connectivity index (χ3n) is 3.68. The Hall–Kier alpha value is -0.650. The van der Waals surface area contributed by atoms with Gasteiger partial charge in [-0.1, -0.05) is 6.92 Å². The summed E-state index contributed by atoms with van der Waals surface area (Å²) in [5, 5.41) is 0. The fraction of sp³-hybridized carbons (Fsp3) is 0.909. The van der Waals surface area contributed by atoms with E-state index in [9.17, 15) is 4.79 Å². The summed E-state index contributed by atoms with van der Waals surface area (Å²) in [6.45, 7) is 9.37. The molecule has 1 aliphatic heterocycles. The standard InChI is InChI=1S/C11H24N4O/c1-8-7-14(4)5-6-15(8)10(3)9(2)11(16)13-12/h8-10H,5-7,12H2,1-4H3,(H,13,16). The van der Waals surface area contributed by atoms with Crippen molar-refractivity contribution in [3.05, 3.63) is 0 Å². The summed E-state index contributed by atoms with van der Waals surface area (Å²) in [6.07, 6.45) is 0. The molecule has 1 amide bonds. The van der Waals surface area contributed by atoms with E-state index in [2.05, 4.69) is 36.1 Å². The molecule has 1 saturated heterocycles. The van der Waals surface area contributed by atoms with Crippen molar-refractivity contribution in [1.29, 1.82) is 0 Å². The molecule has 3 N–H and O–H groups in total. The molecule has 1 heterocycles. The van der Waals surface area contributed by atoms with Crippen LogP contribution in [0.5, 0.6) is 0 Å². The van der Waals surface area contributed by atoms with Crippen molar-refractivity contribution >= 4 is 5.91 Å². The molecule has 0 saturated carbocycles. The van der Waals surface area contributed by atoms with Gasteiger partial charge in [-0.3, -0.25) is 15.1 Å². The number of nitrogens with one attached hydrogen (secondary N) is 1. The largest absolute Gasteiger partial charge is 0.304 e. The minimum atomic E-state index is -0.0846. The molecule has 1 fully saturated rings. The average molecular weight is 228 g/mol. The Balaban J connectivity index is 2.59. The van der Waals surface area contributed by atoms with Crippen LogP contribution in [0.1, 0.15) is 20.8 Å². The van der Waals surface area contributed by atoms with Crippen LogP contribution in [-0.4, -0.2) is 54.5 Å². The summed E-state index contributed by atoms with van der Waals surface area (Å²) in [6, 6.07) is 0.717. The molecule has 0 bridgehead atoms. The molecule has 0 spiro atoms. The molecule has 0 radical (unpaired) electrons. The number of likely N-dealkylation sites (N-methyl/N-ethyl adjacent to an activating group) is 1. The first kappa shape index (κ1) is 13.4. The fourth-order valence-electron chi connectivity index (χ4n) is 2.40. The summed E-state index contributed by atoms with van der Waals surface area (Å²) < 4.78 is 0. The van der Waals surface area contributed by atoms with Crippen molar-refractivity contribution in [2.24, 2.45) is 11.8 Å². The van der Waals surface area contributed by atoms with Gasteiger partial charge in [0, 0.05) is 31.7 Å². The lowest BCUT2D eigenvalue weighted by Gasteiger charge is -2.43. The van der Waals surface area contributed by atoms with Crippen molar-refractivity contribution in [1.82, 2.24) is 15.2 Å². The second-order valence-electron chi connectivity index (χ2n) is 4.89. The predicted octanol–water partition coefficient (Wildman–Crippen LogP) is -0.363. The second-order valence-corrected chi connectivity index (χ2v) is 4.89. The minimum absolute atomic E-state index is 0.0733. The van der Waals surface area contributed by atoms with Crippen LogP contribution in [-0.2, 0) is 4.79 Å². The summed E-state index contributed by atoms with van der Waals surface area (Å²) >= 11 is 0. The zero-order valence-corrected chi connectivity index (χ0v) is 10.7. The first-order valence-electron chi connectivity index (χ1n) is 5.92. The molecule has 1 aliphatic rings. The average Bonchev–Trinajstić information content (AvgIpc) is 2.26. The van der Waals surface area contributed by atoms with Crippen LogP contribution in [0.4, 0.5) is 0 Å². The molecule has 3 atom stereocenters. The van der Waals surface area contributed by atoms with Gasteiger partial charge in [0.25, 0.3) is 0 Å². The van der Waals surface area contributed by atoms with Gasteiger partial charge in [0.2, 0.25) is 5.91 Å². The zero-order valence-electron chi connectivity index (χ0n) is 10.7. The van der Waals surface area contributed by atoms with Gasteiger partial charge in [0.15, 0.2) is 0 Å². The van der Waals surface area contributed by atoms with Crippen molar-refractivity contribution in [2.75, 3.05) is 26.7 Å². The Kier molecular flexibility index (Phi) is 4.70. The lowest BCUT2D eigenvalue weighted by atomic mass is 9.98. The van der Waals surface area contributed by atoms with Crippen LogP contribution < -0.4 is 11.3 Å². The number of hydrogen-bond acceptors (Lipinski definition) is 4. The van der Waals surface area contributed by atoms with Crippen molar-refractivity contribution in [3.8, 4) is 0 Å². The molecule has 3 unspecified atom stereocenters. The highest BCUT2D eigenvalue weighted by molar-refractivity contribution is 5.78. The molecular formula is C11H24N4O. The van der Waals surface area contributed by atoms with E-state index < -0.39 is 0 Å². The van der Waals surface area contributed by atoms with Gasteiger partial charge in [-0.05, 0) is 20.9 Å². The maximum absolute atomic E-state index is 11.5. The van der Waals surface area contributed by atoms with Crippen molar-refractivity contribution < 1.29 is 4.79 Å². The molecule has 0 aromatic rings. The Morgan fingerprint density at radius 1 is 1.44 bits per heavy atom. The molecule has 5 heteroatoms. The van der Waals surface area contributed by atoms with E-state index in [1.54, 1.807) is 0 Å². The topological polar surface area (TPSA) is 61.6 Å². The van der Waals surface area contributed by atoms with Crippen molar-refractivity contribution in [2.45, 2.75) is 32.9 Å². The van der Waals surface area contributed by atoms with E-state index in [0.717, 1.165) is 19.6 Å². The summed E-state index contributed by atoms with van der Waals surface area (Å²) in [4.78, 5) is 16.2. The van der Waals surface area contributed by atoms with Crippen LogP contribution in [0.25, 0.3) is 0 Å². The first-order valence-corrected chi connectivity index (χ1v) is 5.92. The third kappa shape index (κ3) is 2.93. The highest BCUT2D eigenvalue weighted by Gasteiger charge is 2.31. The molecule has 1 rings (SSSR count). The Morgan fingerprint density at radius 2 is 2.06 bits per heavy atom. The highest BCUT2D eigenvalue weighted by atomic mass is 16.2. The number of nitrogens with two attached hydrogens (primary N) is 1. The van der Waals surface area contributed by atoms with Gasteiger partial charge >= 0.3 is 0 Å². The lowest BCUT2D eigenvalue weighted by molar-refractivity contribution is -0.127. The van der Waals surface area contributed by atoms with Crippen LogP contribution in [0.15, 0.2) is 0 Å². The normalized spacial score (nSPS) is 27.4. The summed E-state index contributed by atoms with van der Waals surface area (Å²) in [7, 11) is 2.13. The third-order valence-corrected chi connectivity index (χ3v) is 3.68. The molecule has 0 aromatic heterocycles. The number of carbonyl (C=O) groups is 1. The zero-order chi connectivity index (χ0) is 12.3. The molecule has 0 aliphatic carbocycles. The van der Waals surface area contributed by atoms with Gasteiger partial charge in [0.1, 0.15) is 0 Å². The van der Waals surface area contributed by atoms with E-state index in [4.69, 9.17) is 5.84 Å². The summed E-state index contributed by atoms with van der Waals surface area (Å²) in [5.41, 5.74) is 2.23. The van der Waals surface area contributed by atoms with E-state index in [0.29, 0.717) is 6.04 Å². The maximum Gasteiger partial charge on any atom is 0.238 e. The predicted molar refractivity (Wildman–Crippen MR) is 64.6 cm³/mol. The van der Waals surface area contributed by atoms with Gasteiger partial charge < -0.3 is 4.90 Å². The minimum Gasteiger partial charge on any atom is -0.304 e. The van der Waals surface area contributed by atoms with Gasteiger partial charge in [0.05, 0.1) is 5.92 Å². The molecule has 0 aromatic carbocycles. The van der Waals surface area contributed by atoms with E-state index in [1.165, 1.54) is 0 Å². The number of piperazine rings is 1. The Bertz CT molecular complexity index is 246. The van der Waals surface area contributed by atoms with Crippen LogP contribution in [0.3, 0.4) is 0 Å². The smallest absolute Gasteiger partial charge is 0.238 e. The highest BCUT2D eigenvalue weighted by Crippen LogP contribution is 2.17. The monoisotopic (exact) mass is 228 g/mol. The van der Waals surface area contributed by atoms with E-state index >= 15 is 0 Å². The maximum atomic E-state index is 11.5. The number of hydrazine groups is 1. The molecule has 16 heavy (non-hydrogen) atoms. The van der Waals surface area contributed by atoms with Crippen molar-refractivity contribution in [3.63, 3.8) is 0 Å². The van der Waals surface area contributed by atoms with Crippen LogP contribution in [0, 0.1) is 5.92 Å². The van der Waals surface area contributed by atoms with E-state index in [1.807, 2.05) is 6.92 Å². The quantitative estimate of drug-likeness (QED) is 0.393.